The predicted octanol–water partition coefficient (Wildman–Crippen LogP) is 6.32. The van der Waals surface area contributed by atoms with Gasteiger partial charge < -0.3 is 14.8 Å². The van der Waals surface area contributed by atoms with E-state index in [1.165, 1.54) is 0 Å². The Hall–Kier alpha value is -1.84. The first-order chi connectivity index (χ1) is 14.4. The Morgan fingerprint density at radius 3 is 2.52 bits per heavy atom. The topological polar surface area (TPSA) is 54.7 Å². The zero-order valence-corrected chi connectivity index (χ0v) is 21.2. The molecule has 0 spiro atoms. The number of rotatable bonds is 6. The van der Waals surface area contributed by atoms with Crippen molar-refractivity contribution in [3.8, 4) is 17.4 Å². The molecule has 6 heteroatoms. The molecule has 0 amide bonds. The van der Waals surface area contributed by atoms with Gasteiger partial charge in [-0.15, -0.1) is 23.8 Å². The van der Waals surface area contributed by atoms with Gasteiger partial charge in [0, 0.05) is 49.1 Å². The quantitative estimate of drug-likeness (QED) is 0.331. The second-order valence-electron chi connectivity index (χ2n) is 8.41. The van der Waals surface area contributed by atoms with Gasteiger partial charge >= 0.3 is 0 Å². The Morgan fingerprint density at radius 2 is 1.77 bits per heavy atom. The van der Waals surface area contributed by atoms with Gasteiger partial charge in [0.1, 0.15) is 11.3 Å². The molecule has 1 aliphatic heterocycles. The fourth-order valence-electron chi connectivity index (χ4n) is 4.31. The first-order valence-corrected chi connectivity index (χ1v) is 11.4. The standard InChI is InChI=1S/C25H27N2O2S.Pt/c1-15(2)23(16(3)4)20-14-30-25(26-20)18-8-5-9-19(13-18)29-22-12-11-17-7-6-10-21(28)24(17)27-22;/h5-12,15-16,20,23,28H,14H2,1-4H3;/q-1;/t20-;/m1./s1. The van der Waals surface area contributed by atoms with E-state index in [1.54, 1.807) is 30.0 Å². The number of benzene rings is 2. The number of aliphatic imine (C=N–C) groups is 1. The molecule has 31 heavy (non-hydrogen) atoms. The van der Waals surface area contributed by atoms with Gasteiger partial charge in [0.2, 0.25) is 5.88 Å². The molecule has 1 aromatic heterocycles. The Balaban J connectivity index is 0.00000272. The predicted molar refractivity (Wildman–Crippen MR) is 125 cm³/mol. The largest absolute Gasteiger partial charge is 0.506 e. The van der Waals surface area contributed by atoms with Crippen molar-refractivity contribution in [3.05, 3.63) is 60.2 Å². The van der Waals surface area contributed by atoms with Crippen LogP contribution in [0, 0.1) is 23.8 Å². The molecule has 0 fully saturated rings. The molecule has 1 N–H and O–H groups in total. The minimum Gasteiger partial charge on any atom is -0.506 e. The second-order valence-corrected chi connectivity index (χ2v) is 9.42. The second kappa shape index (κ2) is 10.2. The van der Waals surface area contributed by atoms with Crippen LogP contribution in [0.15, 0.2) is 53.5 Å². The molecule has 4 nitrogen and oxygen atoms in total. The number of fused-ring (bicyclic) bond motifs is 1. The minimum atomic E-state index is 0. The molecule has 0 aliphatic carbocycles. The molecule has 0 saturated carbocycles. The first-order valence-electron chi connectivity index (χ1n) is 10.4. The molecule has 0 unspecified atom stereocenters. The molecule has 4 rings (SSSR count). The van der Waals surface area contributed by atoms with Crippen molar-refractivity contribution in [2.24, 2.45) is 22.7 Å². The van der Waals surface area contributed by atoms with Crippen LogP contribution in [0.25, 0.3) is 10.9 Å². The summed E-state index contributed by atoms with van der Waals surface area (Å²) < 4.78 is 5.95. The van der Waals surface area contributed by atoms with Gasteiger partial charge in [-0.25, -0.2) is 4.98 Å². The number of thioether (sulfide) groups is 1. The molecular formula is C25H27N2O2PtS-. The maximum Gasteiger partial charge on any atom is 0.217 e. The number of phenols is 1. The van der Waals surface area contributed by atoms with Crippen LogP contribution in [0.1, 0.15) is 33.3 Å². The first kappa shape index (κ1) is 23.8. The molecule has 1 aliphatic rings. The maximum atomic E-state index is 10.1. The molecule has 1 atom stereocenters. The van der Waals surface area contributed by atoms with Crippen molar-refractivity contribution in [2.45, 2.75) is 33.7 Å². The Kier molecular flexibility index (Phi) is 7.82. The van der Waals surface area contributed by atoms with E-state index < -0.39 is 0 Å². The van der Waals surface area contributed by atoms with Crippen LogP contribution in [-0.2, 0) is 21.1 Å². The van der Waals surface area contributed by atoms with Crippen molar-refractivity contribution in [3.63, 3.8) is 0 Å². The van der Waals surface area contributed by atoms with Crippen LogP contribution in [0.3, 0.4) is 0 Å². The SMILES string of the molecule is CC(C)C(C(C)C)[C@H]1CSC(c2[c-]c(Oc3ccc4cccc(O)c4n3)ccc2)=N1.[Pt]. The zero-order valence-electron chi connectivity index (χ0n) is 18.1. The number of hydrogen-bond donors (Lipinski definition) is 1. The third-order valence-corrected chi connectivity index (χ3v) is 6.65. The van der Waals surface area contributed by atoms with Gasteiger partial charge in [-0.3, -0.25) is 0 Å². The molecule has 0 radical (unpaired) electrons. The van der Waals surface area contributed by atoms with Crippen LogP contribution in [0.5, 0.6) is 17.4 Å². The summed E-state index contributed by atoms with van der Waals surface area (Å²) in [5.74, 6) is 3.95. The van der Waals surface area contributed by atoms with E-state index in [4.69, 9.17) is 9.73 Å². The normalized spacial score (nSPS) is 16.1. The van der Waals surface area contributed by atoms with E-state index in [0.29, 0.717) is 40.9 Å². The summed E-state index contributed by atoms with van der Waals surface area (Å²) in [7, 11) is 0. The van der Waals surface area contributed by atoms with E-state index in [9.17, 15) is 5.11 Å². The number of nitrogens with zero attached hydrogens (tertiary/aromatic N) is 2. The average Bonchev–Trinajstić information content (AvgIpc) is 3.18. The van der Waals surface area contributed by atoms with E-state index in [1.807, 2.05) is 30.3 Å². The number of aromatic nitrogens is 1. The number of pyridine rings is 1. The third kappa shape index (κ3) is 5.32. The Morgan fingerprint density at radius 1 is 1.03 bits per heavy atom. The van der Waals surface area contributed by atoms with Crippen molar-refractivity contribution < 1.29 is 30.9 Å². The number of para-hydroxylation sites is 1. The van der Waals surface area contributed by atoms with Crippen LogP contribution in [0.4, 0.5) is 0 Å². The summed E-state index contributed by atoms with van der Waals surface area (Å²) in [5.41, 5.74) is 1.48. The number of phenolic OH excluding ortho intramolecular Hbond substituents is 1. The van der Waals surface area contributed by atoms with E-state index in [2.05, 4.69) is 38.7 Å². The van der Waals surface area contributed by atoms with E-state index in [0.717, 1.165) is 21.7 Å². The van der Waals surface area contributed by atoms with Crippen molar-refractivity contribution in [2.75, 3.05) is 5.75 Å². The monoisotopic (exact) mass is 614 g/mol. The number of ether oxygens (including phenoxy) is 1. The summed E-state index contributed by atoms with van der Waals surface area (Å²) in [6.45, 7) is 9.16. The molecule has 2 aromatic carbocycles. The fourth-order valence-corrected chi connectivity index (χ4v) is 5.42. The van der Waals surface area contributed by atoms with Gasteiger partial charge in [0.05, 0.1) is 6.04 Å². The molecule has 166 valence electrons. The van der Waals surface area contributed by atoms with Crippen molar-refractivity contribution in [1.82, 2.24) is 4.98 Å². The van der Waals surface area contributed by atoms with Crippen LogP contribution < -0.4 is 4.74 Å². The molecule has 2 heterocycles. The summed E-state index contributed by atoms with van der Waals surface area (Å²) in [6.07, 6.45) is 0. The molecule has 0 bridgehead atoms. The van der Waals surface area contributed by atoms with Gasteiger partial charge in [-0.2, -0.15) is 11.8 Å². The summed E-state index contributed by atoms with van der Waals surface area (Å²) in [5, 5.41) is 11.9. The van der Waals surface area contributed by atoms with Crippen molar-refractivity contribution >= 4 is 27.7 Å². The average molecular weight is 615 g/mol. The van der Waals surface area contributed by atoms with Gasteiger partial charge in [0.15, 0.2) is 0 Å². The van der Waals surface area contributed by atoms with E-state index in [-0.39, 0.29) is 26.8 Å². The Labute approximate surface area is 202 Å². The summed E-state index contributed by atoms with van der Waals surface area (Å²) >= 11 is 1.80. The van der Waals surface area contributed by atoms with Crippen molar-refractivity contribution in [1.29, 1.82) is 0 Å². The number of hydrogen-bond acceptors (Lipinski definition) is 5. The molecule has 3 aromatic rings. The van der Waals surface area contributed by atoms with Crippen LogP contribution >= 0.6 is 11.8 Å². The summed E-state index contributed by atoms with van der Waals surface area (Å²) in [4.78, 5) is 9.49. The molecular weight excluding hydrogens is 587 g/mol. The van der Waals surface area contributed by atoms with Crippen LogP contribution in [-0.4, -0.2) is 26.9 Å². The Bertz CT molecular complexity index is 1080. The fraction of sp³-hybridized carbons (Fsp3) is 0.360. The zero-order chi connectivity index (χ0) is 21.3. The smallest absolute Gasteiger partial charge is 0.217 e. The summed E-state index contributed by atoms with van der Waals surface area (Å²) in [6, 6.07) is 18.6. The molecule has 0 saturated heterocycles. The van der Waals surface area contributed by atoms with Gasteiger partial charge in [0.25, 0.3) is 0 Å². The van der Waals surface area contributed by atoms with E-state index >= 15 is 0 Å². The van der Waals surface area contributed by atoms with Gasteiger partial charge in [-0.05, 0) is 29.9 Å². The minimum absolute atomic E-state index is 0. The third-order valence-electron chi connectivity index (χ3n) is 5.54. The maximum absolute atomic E-state index is 10.1. The van der Waals surface area contributed by atoms with Gasteiger partial charge in [-0.1, -0.05) is 45.9 Å². The van der Waals surface area contributed by atoms with Crippen LogP contribution in [0.2, 0.25) is 0 Å². The number of aromatic hydroxyl groups is 1.